The molecule has 0 atom stereocenters. The summed E-state index contributed by atoms with van der Waals surface area (Å²) in [6, 6.07) is 12.9. The summed E-state index contributed by atoms with van der Waals surface area (Å²) in [6.07, 6.45) is 3.10. The molecule has 0 fully saturated rings. The zero-order valence-electron chi connectivity index (χ0n) is 13.7. The fourth-order valence-electron chi connectivity index (χ4n) is 2.25. The van der Waals surface area contributed by atoms with E-state index in [4.69, 9.17) is 0 Å². The number of phenolic OH excluding ortho intramolecular Hbond substituents is 1. The molecule has 0 bridgehead atoms. The molecule has 27 heavy (non-hydrogen) atoms. The summed E-state index contributed by atoms with van der Waals surface area (Å²) in [6.45, 7) is 0.559. The van der Waals surface area contributed by atoms with Crippen molar-refractivity contribution < 1.29 is 9.90 Å². The summed E-state index contributed by atoms with van der Waals surface area (Å²) in [5.74, 6) is -0.399. The van der Waals surface area contributed by atoms with Gasteiger partial charge in [-0.25, -0.2) is 5.43 Å². The molecular weight excluding hydrogens is 544 g/mol. The van der Waals surface area contributed by atoms with E-state index in [-0.39, 0.29) is 11.4 Å². The summed E-state index contributed by atoms with van der Waals surface area (Å²) in [4.78, 5) is 12.2. The highest BCUT2D eigenvalue weighted by molar-refractivity contribution is 9.11. The Morgan fingerprint density at radius 3 is 2.63 bits per heavy atom. The van der Waals surface area contributed by atoms with Gasteiger partial charge in [0.05, 0.1) is 17.2 Å². The Morgan fingerprint density at radius 1 is 1.15 bits per heavy atom. The number of hydrogen-bond acceptors (Lipinski definition) is 4. The van der Waals surface area contributed by atoms with Gasteiger partial charge in [-0.2, -0.15) is 10.2 Å². The second kappa shape index (κ2) is 8.81. The Labute approximate surface area is 180 Å². The predicted octanol–water partition coefficient (Wildman–Crippen LogP) is 4.69. The smallest absolute Gasteiger partial charge is 0.291 e. The van der Waals surface area contributed by atoms with Crippen molar-refractivity contribution in [1.82, 2.24) is 15.2 Å². The van der Waals surface area contributed by atoms with E-state index in [1.54, 1.807) is 29.1 Å². The van der Waals surface area contributed by atoms with Crippen LogP contribution in [0.5, 0.6) is 5.75 Å². The lowest BCUT2D eigenvalue weighted by atomic mass is 10.2. The van der Waals surface area contributed by atoms with Crippen LogP contribution in [0.4, 0.5) is 0 Å². The number of aromatic nitrogens is 2. The number of nitrogens with zero attached hydrogens (tertiary/aromatic N) is 3. The molecule has 138 valence electrons. The highest BCUT2D eigenvalue weighted by Crippen LogP contribution is 2.30. The first-order valence-corrected chi connectivity index (χ1v) is 10.1. The van der Waals surface area contributed by atoms with E-state index in [1.165, 1.54) is 6.21 Å². The lowest BCUT2D eigenvalue weighted by molar-refractivity contribution is 0.0949. The van der Waals surface area contributed by atoms with Crippen LogP contribution in [0.1, 0.15) is 21.6 Å². The molecule has 0 radical (unpaired) electrons. The summed E-state index contributed by atoms with van der Waals surface area (Å²) in [7, 11) is 0. The van der Waals surface area contributed by atoms with E-state index < -0.39 is 5.91 Å². The zero-order valence-corrected chi connectivity index (χ0v) is 18.5. The van der Waals surface area contributed by atoms with E-state index >= 15 is 0 Å². The molecule has 0 unspecified atom stereocenters. The zero-order chi connectivity index (χ0) is 19.4. The second-order valence-electron chi connectivity index (χ2n) is 5.55. The first-order valence-electron chi connectivity index (χ1n) is 7.71. The monoisotopic (exact) mass is 554 g/mol. The third-order valence-corrected chi connectivity index (χ3v) is 5.15. The molecule has 0 spiro atoms. The van der Waals surface area contributed by atoms with Crippen LogP contribution in [0.2, 0.25) is 0 Å². The standard InChI is InChI=1S/C18H13Br3N4O2/c19-13-3-1-11(2-4-13)10-25-6-5-16(24-25)18(27)23-22-9-12-7-14(20)8-15(21)17(12)26/h1-9,26H,10H2,(H,23,27)/b22-9+. The van der Waals surface area contributed by atoms with Gasteiger partial charge in [0.2, 0.25) is 0 Å². The number of aromatic hydroxyl groups is 1. The molecule has 9 heteroatoms. The summed E-state index contributed by atoms with van der Waals surface area (Å²) >= 11 is 9.97. The molecule has 0 aliphatic carbocycles. The average molecular weight is 557 g/mol. The largest absolute Gasteiger partial charge is 0.506 e. The predicted molar refractivity (Wildman–Crippen MR) is 114 cm³/mol. The van der Waals surface area contributed by atoms with E-state index in [1.807, 2.05) is 24.3 Å². The van der Waals surface area contributed by atoms with Crippen LogP contribution in [-0.4, -0.2) is 27.0 Å². The number of phenols is 1. The Hall–Kier alpha value is -1.97. The van der Waals surface area contributed by atoms with Gasteiger partial charge in [-0.3, -0.25) is 9.48 Å². The van der Waals surface area contributed by atoms with Crippen molar-refractivity contribution >= 4 is 59.9 Å². The summed E-state index contributed by atoms with van der Waals surface area (Å²) in [5, 5.41) is 18.1. The number of halogens is 3. The number of benzene rings is 2. The van der Waals surface area contributed by atoms with E-state index in [0.29, 0.717) is 16.6 Å². The fraction of sp³-hybridized carbons (Fsp3) is 0.0556. The van der Waals surface area contributed by atoms with Gasteiger partial charge in [-0.1, -0.05) is 44.0 Å². The van der Waals surface area contributed by atoms with Gasteiger partial charge in [0.25, 0.3) is 5.91 Å². The van der Waals surface area contributed by atoms with Crippen LogP contribution in [-0.2, 0) is 6.54 Å². The van der Waals surface area contributed by atoms with Crippen molar-refractivity contribution in [1.29, 1.82) is 0 Å². The normalized spacial score (nSPS) is 11.1. The molecule has 6 nitrogen and oxygen atoms in total. The number of rotatable bonds is 5. The highest BCUT2D eigenvalue weighted by atomic mass is 79.9. The van der Waals surface area contributed by atoms with Crippen LogP contribution < -0.4 is 5.43 Å². The minimum atomic E-state index is -0.436. The number of carbonyl (C=O) groups is 1. The van der Waals surface area contributed by atoms with Gasteiger partial charge >= 0.3 is 0 Å². The average Bonchev–Trinajstić information content (AvgIpc) is 3.09. The van der Waals surface area contributed by atoms with Crippen LogP contribution in [0.3, 0.4) is 0 Å². The fourth-order valence-corrected chi connectivity index (χ4v) is 3.77. The van der Waals surface area contributed by atoms with Gasteiger partial charge in [-0.05, 0) is 51.8 Å². The third kappa shape index (κ3) is 5.27. The Morgan fingerprint density at radius 2 is 1.89 bits per heavy atom. The topological polar surface area (TPSA) is 79.5 Å². The van der Waals surface area contributed by atoms with E-state index in [2.05, 4.69) is 63.4 Å². The third-order valence-electron chi connectivity index (χ3n) is 3.56. The van der Waals surface area contributed by atoms with Crippen molar-refractivity contribution in [3.63, 3.8) is 0 Å². The molecule has 0 saturated carbocycles. The van der Waals surface area contributed by atoms with Crippen molar-refractivity contribution in [2.75, 3.05) is 0 Å². The Balaban J connectivity index is 1.63. The number of hydrazone groups is 1. The quantitative estimate of drug-likeness (QED) is 0.353. The van der Waals surface area contributed by atoms with Gasteiger partial charge in [0, 0.05) is 20.7 Å². The first kappa shape index (κ1) is 19.8. The summed E-state index contributed by atoms with van der Waals surface area (Å²) < 4.78 is 3.98. The minimum Gasteiger partial charge on any atom is -0.506 e. The van der Waals surface area contributed by atoms with Gasteiger partial charge in [0.1, 0.15) is 5.75 Å². The lowest BCUT2D eigenvalue weighted by Gasteiger charge is -2.03. The SMILES string of the molecule is O=C(N/N=C/c1cc(Br)cc(Br)c1O)c1ccn(Cc2ccc(Br)cc2)n1. The molecule has 2 aromatic carbocycles. The molecule has 1 amide bonds. The first-order chi connectivity index (χ1) is 12.9. The van der Waals surface area contributed by atoms with Crippen LogP contribution in [0, 0.1) is 0 Å². The molecule has 2 N–H and O–H groups in total. The Kier molecular flexibility index (Phi) is 6.46. The number of nitrogens with one attached hydrogen (secondary N) is 1. The van der Waals surface area contributed by atoms with Crippen molar-refractivity contribution in [2.45, 2.75) is 6.54 Å². The molecule has 0 aliphatic rings. The van der Waals surface area contributed by atoms with Gasteiger partial charge < -0.3 is 5.11 Å². The maximum absolute atomic E-state index is 12.2. The van der Waals surface area contributed by atoms with E-state index in [0.717, 1.165) is 14.5 Å². The minimum absolute atomic E-state index is 0.0370. The van der Waals surface area contributed by atoms with Crippen LogP contribution in [0.15, 0.2) is 67.2 Å². The van der Waals surface area contributed by atoms with Gasteiger partial charge in [-0.15, -0.1) is 0 Å². The number of carbonyl (C=O) groups excluding carboxylic acids is 1. The van der Waals surface area contributed by atoms with E-state index in [9.17, 15) is 9.90 Å². The molecule has 3 rings (SSSR count). The molecule has 0 saturated heterocycles. The maximum atomic E-state index is 12.2. The van der Waals surface area contributed by atoms with Gasteiger partial charge in [0.15, 0.2) is 5.69 Å². The van der Waals surface area contributed by atoms with Crippen LogP contribution >= 0.6 is 47.8 Å². The maximum Gasteiger partial charge on any atom is 0.291 e. The summed E-state index contributed by atoms with van der Waals surface area (Å²) in [5.41, 5.74) is 4.19. The van der Waals surface area contributed by atoms with Crippen molar-refractivity contribution in [2.24, 2.45) is 5.10 Å². The second-order valence-corrected chi connectivity index (χ2v) is 8.24. The Bertz CT molecular complexity index is 1000. The molecule has 3 aromatic rings. The molecule has 1 heterocycles. The molecule has 1 aromatic heterocycles. The lowest BCUT2D eigenvalue weighted by Crippen LogP contribution is -2.18. The molecule has 0 aliphatic heterocycles. The highest BCUT2D eigenvalue weighted by Gasteiger charge is 2.09. The number of hydrogen-bond donors (Lipinski definition) is 2. The van der Waals surface area contributed by atoms with Crippen molar-refractivity contribution in [3.05, 3.63) is 78.9 Å². The van der Waals surface area contributed by atoms with Crippen LogP contribution in [0.25, 0.3) is 0 Å². The van der Waals surface area contributed by atoms with Crippen molar-refractivity contribution in [3.8, 4) is 5.75 Å². The molecular formula is C18H13Br3N4O2. The number of amides is 1.